The average molecular weight is 461 g/mol. The van der Waals surface area contributed by atoms with E-state index in [1.807, 2.05) is 42.5 Å². The first-order chi connectivity index (χ1) is 16.0. The third-order valence-corrected chi connectivity index (χ3v) is 8.26. The quantitative estimate of drug-likeness (QED) is 0.434. The predicted octanol–water partition coefficient (Wildman–Crippen LogP) is 4.69. The Labute approximate surface area is 194 Å². The largest absolute Gasteiger partial charge is 0.371 e. The summed E-state index contributed by atoms with van der Waals surface area (Å²) >= 11 is 0. The molecule has 7 heteroatoms. The molecular weight excluding hydrogens is 432 g/mol. The Bertz CT molecular complexity index is 1330. The fourth-order valence-corrected chi connectivity index (χ4v) is 5.68. The van der Waals surface area contributed by atoms with Crippen molar-refractivity contribution in [3.63, 3.8) is 0 Å². The summed E-state index contributed by atoms with van der Waals surface area (Å²) in [6.07, 6.45) is 6.41. The molecule has 1 aliphatic rings. The number of sulfonamides is 1. The van der Waals surface area contributed by atoms with Gasteiger partial charge in [-0.05, 0) is 67.3 Å². The molecule has 5 rings (SSSR count). The first kappa shape index (κ1) is 21.7. The molecule has 2 aromatic heterocycles. The summed E-state index contributed by atoms with van der Waals surface area (Å²) in [6, 6.07) is 19.6. The van der Waals surface area contributed by atoms with Gasteiger partial charge in [-0.15, -0.1) is 0 Å². The van der Waals surface area contributed by atoms with Crippen molar-refractivity contribution in [3.05, 3.63) is 78.6 Å². The molecule has 0 spiro atoms. The van der Waals surface area contributed by atoms with Crippen molar-refractivity contribution in [1.29, 1.82) is 0 Å². The van der Waals surface area contributed by atoms with Crippen LogP contribution in [0.25, 0.3) is 22.2 Å². The molecule has 1 N–H and O–H groups in total. The van der Waals surface area contributed by atoms with E-state index >= 15 is 0 Å². The maximum Gasteiger partial charge on any atom is 0.242 e. The molecule has 1 fully saturated rings. The maximum atomic E-state index is 13.4. The average Bonchev–Trinajstić information content (AvgIpc) is 3.53. The van der Waals surface area contributed by atoms with E-state index in [1.165, 1.54) is 4.31 Å². The van der Waals surface area contributed by atoms with Gasteiger partial charge in [-0.25, -0.2) is 12.7 Å². The van der Waals surface area contributed by atoms with Crippen molar-refractivity contribution in [2.24, 2.45) is 0 Å². The van der Waals surface area contributed by atoms with Gasteiger partial charge in [0.05, 0.1) is 4.90 Å². The number of fused-ring (bicyclic) bond motifs is 1. The van der Waals surface area contributed by atoms with Crippen molar-refractivity contribution in [2.75, 3.05) is 31.6 Å². The van der Waals surface area contributed by atoms with Crippen LogP contribution in [0.3, 0.4) is 0 Å². The zero-order valence-electron chi connectivity index (χ0n) is 18.7. The highest BCUT2D eigenvalue weighted by Crippen LogP contribution is 2.36. The maximum absolute atomic E-state index is 13.4. The summed E-state index contributed by atoms with van der Waals surface area (Å²) in [5.74, 6) is 0. The van der Waals surface area contributed by atoms with Gasteiger partial charge in [0.25, 0.3) is 0 Å². The van der Waals surface area contributed by atoms with Gasteiger partial charge in [-0.3, -0.25) is 4.98 Å². The smallest absolute Gasteiger partial charge is 0.242 e. The lowest BCUT2D eigenvalue weighted by Gasteiger charge is -2.23. The monoisotopic (exact) mass is 460 g/mol. The number of hydrogen-bond acceptors (Lipinski definition) is 4. The van der Waals surface area contributed by atoms with E-state index in [0.29, 0.717) is 17.9 Å². The molecule has 6 nitrogen and oxygen atoms in total. The molecule has 33 heavy (non-hydrogen) atoms. The van der Waals surface area contributed by atoms with Gasteiger partial charge in [-0.2, -0.15) is 0 Å². The van der Waals surface area contributed by atoms with Crippen LogP contribution >= 0.6 is 0 Å². The van der Waals surface area contributed by atoms with Gasteiger partial charge >= 0.3 is 0 Å². The highest BCUT2D eigenvalue weighted by atomic mass is 32.2. The minimum absolute atomic E-state index is 0.316. The van der Waals surface area contributed by atoms with E-state index < -0.39 is 10.0 Å². The molecular formula is C26H28N4O2S. The Morgan fingerprint density at radius 3 is 2.52 bits per heavy atom. The van der Waals surface area contributed by atoms with Crippen molar-refractivity contribution in [1.82, 2.24) is 14.3 Å². The molecule has 170 valence electrons. The number of aromatic amines is 1. The van der Waals surface area contributed by atoms with Gasteiger partial charge in [0.2, 0.25) is 10.0 Å². The minimum Gasteiger partial charge on any atom is -0.371 e. The molecule has 0 atom stereocenters. The zero-order chi connectivity index (χ0) is 22.8. The lowest BCUT2D eigenvalue weighted by molar-refractivity contribution is 0.472. The van der Waals surface area contributed by atoms with E-state index in [9.17, 15) is 8.42 Å². The highest BCUT2D eigenvalue weighted by Gasteiger charge is 2.24. The number of anilines is 1. The minimum atomic E-state index is -3.62. The number of pyridine rings is 1. The first-order valence-electron chi connectivity index (χ1n) is 11.3. The summed E-state index contributed by atoms with van der Waals surface area (Å²) in [5, 5.41) is 1.11. The van der Waals surface area contributed by atoms with Crippen LogP contribution in [0.5, 0.6) is 0 Å². The highest BCUT2D eigenvalue weighted by molar-refractivity contribution is 7.89. The number of nitrogens with one attached hydrogen (secondary N) is 1. The lowest BCUT2D eigenvalue weighted by atomic mass is 10.1. The van der Waals surface area contributed by atoms with Gasteiger partial charge in [0.15, 0.2) is 0 Å². The first-order valence-corrected chi connectivity index (χ1v) is 12.8. The molecule has 1 aliphatic heterocycles. The number of aromatic nitrogens is 2. The molecule has 4 aromatic rings. The molecule has 0 saturated carbocycles. The van der Waals surface area contributed by atoms with Gasteiger partial charge < -0.3 is 9.88 Å². The van der Waals surface area contributed by atoms with Crippen molar-refractivity contribution >= 4 is 26.6 Å². The van der Waals surface area contributed by atoms with Crippen molar-refractivity contribution < 1.29 is 8.42 Å². The third-order valence-electron chi connectivity index (χ3n) is 6.41. The van der Waals surface area contributed by atoms with Crippen LogP contribution < -0.4 is 4.90 Å². The van der Waals surface area contributed by atoms with E-state index in [2.05, 4.69) is 27.0 Å². The Morgan fingerprint density at radius 1 is 1.00 bits per heavy atom. The molecule has 2 aromatic carbocycles. The molecule has 0 amide bonds. The second-order valence-electron chi connectivity index (χ2n) is 8.58. The SMILES string of the molecule is CN(CCc1ccncc1)S(=O)(=O)c1ccc(N2CCCC2)c(-c2cc3ccccc3[nH]2)c1. The number of hydrogen-bond donors (Lipinski definition) is 1. The van der Waals surface area contributed by atoms with Crippen LogP contribution in [0.15, 0.2) is 78.0 Å². The summed E-state index contributed by atoms with van der Waals surface area (Å²) in [7, 11) is -1.98. The standard InChI is InChI=1S/C26H28N4O2S/c1-29(17-12-20-10-13-27-14-11-20)33(31,32)22-8-9-26(30-15-4-5-16-30)23(19-22)25-18-21-6-2-3-7-24(21)28-25/h2-3,6-11,13-14,18-19,28H,4-5,12,15-17H2,1H3. The van der Waals surface area contributed by atoms with Crippen LogP contribution in [0.2, 0.25) is 0 Å². The Kier molecular flexibility index (Phi) is 5.91. The third kappa shape index (κ3) is 4.38. The van der Waals surface area contributed by atoms with Crippen LogP contribution in [0.1, 0.15) is 18.4 Å². The Balaban J connectivity index is 1.50. The molecule has 0 aliphatic carbocycles. The van der Waals surface area contributed by atoms with E-state index in [4.69, 9.17) is 0 Å². The molecule has 0 radical (unpaired) electrons. The van der Waals surface area contributed by atoms with Crippen molar-refractivity contribution in [3.8, 4) is 11.3 Å². The topological polar surface area (TPSA) is 69.3 Å². The molecule has 1 saturated heterocycles. The van der Waals surface area contributed by atoms with Crippen LogP contribution in [-0.4, -0.2) is 49.4 Å². The lowest BCUT2D eigenvalue weighted by Crippen LogP contribution is -2.29. The van der Waals surface area contributed by atoms with Crippen LogP contribution in [0.4, 0.5) is 5.69 Å². The summed E-state index contributed by atoms with van der Waals surface area (Å²) in [5.41, 5.74) is 5.06. The number of para-hydroxylation sites is 1. The number of likely N-dealkylation sites (N-methyl/N-ethyl adjacent to an activating group) is 1. The number of benzene rings is 2. The molecule has 0 unspecified atom stereocenters. The number of H-pyrrole nitrogens is 1. The van der Waals surface area contributed by atoms with Crippen molar-refractivity contribution in [2.45, 2.75) is 24.2 Å². The van der Waals surface area contributed by atoms with Crippen LogP contribution in [-0.2, 0) is 16.4 Å². The van der Waals surface area contributed by atoms with Crippen LogP contribution in [0, 0.1) is 0 Å². The van der Waals surface area contributed by atoms with E-state index in [-0.39, 0.29) is 0 Å². The summed E-state index contributed by atoms with van der Waals surface area (Å²) in [4.78, 5) is 10.2. The second-order valence-corrected chi connectivity index (χ2v) is 10.6. The van der Waals surface area contributed by atoms with Gasteiger partial charge in [0.1, 0.15) is 0 Å². The number of nitrogens with zero attached hydrogens (tertiary/aromatic N) is 3. The van der Waals surface area contributed by atoms with Gasteiger partial charge in [0, 0.05) is 66.9 Å². The zero-order valence-corrected chi connectivity index (χ0v) is 19.6. The fraction of sp³-hybridized carbons (Fsp3) is 0.269. The normalized spacial score (nSPS) is 14.4. The predicted molar refractivity (Wildman–Crippen MR) is 133 cm³/mol. The Morgan fingerprint density at radius 2 is 1.76 bits per heavy atom. The molecule has 0 bridgehead atoms. The summed E-state index contributed by atoms with van der Waals surface area (Å²) < 4.78 is 28.3. The van der Waals surface area contributed by atoms with E-state index in [1.54, 1.807) is 25.5 Å². The molecule has 3 heterocycles. The Hall–Kier alpha value is -3.16. The van der Waals surface area contributed by atoms with Gasteiger partial charge in [-0.1, -0.05) is 18.2 Å². The second kappa shape index (κ2) is 9.00. The summed E-state index contributed by atoms with van der Waals surface area (Å²) in [6.45, 7) is 2.39. The van der Waals surface area contributed by atoms with E-state index in [0.717, 1.165) is 59.3 Å². The number of rotatable bonds is 7. The fourth-order valence-electron chi connectivity index (χ4n) is 4.48.